The van der Waals surface area contributed by atoms with E-state index in [4.69, 9.17) is 20.4 Å². The van der Waals surface area contributed by atoms with Crippen molar-refractivity contribution in [2.24, 2.45) is 0 Å². The van der Waals surface area contributed by atoms with Crippen LogP contribution >= 0.6 is 0 Å². The molecule has 1 aliphatic rings. The Morgan fingerprint density at radius 1 is 0.828 bits per heavy atom. The van der Waals surface area contributed by atoms with E-state index in [0.29, 0.717) is 6.54 Å². The van der Waals surface area contributed by atoms with E-state index in [2.05, 4.69) is 6.07 Å². The lowest BCUT2D eigenvalue weighted by molar-refractivity contribution is -0.165. The Kier molecular flexibility index (Phi) is 7.29. The Morgan fingerprint density at radius 3 is 1.86 bits per heavy atom. The highest BCUT2D eigenvalue weighted by Gasteiger charge is 2.31. The molecular formula is C20H21NO8. The number of amides is 1. The van der Waals surface area contributed by atoms with Gasteiger partial charge in [0.25, 0.3) is 0 Å². The van der Waals surface area contributed by atoms with E-state index >= 15 is 0 Å². The third kappa shape index (κ3) is 5.31. The summed E-state index contributed by atoms with van der Waals surface area (Å²) >= 11 is 0. The van der Waals surface area contributed by atoms with Crippen molar-refractivity contribution in [2.45, 2.75) is 24.7 Å². The van der Waals surface area contributed by atoms with Gasteiger partial charge in [0, 0.05) is 6.54 Å². The summed E-state index contributed by atoms with van der Waals surface area (Å²) in [5.74, 6) is -3.54. The minimum absolute atomic E-state index is 0.191. The Morgan fingerprint density at radius 2 is 1.34 bits per heavy atom. The summed E-state index contributed by atoms with van der Waals surface area (Å²) in [4.78, 5) is 32.5. The van der Waals surface area contributed by atoms with Crippen molar-refractivity contribution in [3.63, 3.8) is 0 Å². The molecule has 3 atom stereocenters. The van der Waals surface area contributed by atoms with Crippen LogP contribution < -0.4 is 0 Å². The van der Waals surface area contributed by atoms with E-state index in [0.717, 1.165) is 17.5 Å². The number of aliphatic carboxylic acids is 2. The van der Waals surface area contributed by atoms with Crippen molar-refractivity contribution in [1.29, 1.82) is 0 Å². The van der Waals surface area contributed by atoms with Crippen molar-refractivity contribution in [3.05, 3.63) is 71.3 Å². The minimum Gasteiger partial charge on any atom is -0.479 e. The number of rotatable bonds is 4. The Hall–Kier alpha value is -3.43. The lowest BCUT2D eigenvalue weighted by Gasteiger charge is -2.35. The van der Waals surface area contributed by atoms with Gasteiger partial charge in [0.1, 0.15) is 0 Å². The van der Waals surface area contributed by atoms with E-state index in [1.54, 1.807) is 0 Å². The van der Waals surface area contributed by atoms with Crippen LogP contribution in [-0.4, -0.2) is 67.2 Å². The number of hydrogen-bond acceptors (Lipinski definition) is 5. The number of nitrogens with zero attached hydrogens (tertiary/aromatic N) is 1. The predicted octanol–water partition coefficient (Wildman–Crippen LogP) is 1.19. The second kappa shape index (κ2) is 9.67. The van der Waals surface area contributed by atoms with Crippen molar-refractivity contribution in [1.82, 2.24) is 4.90 Å². The number of carbonyl (C=O) groups is 3. The lowest BCUT2D eigenvalue weighted by atomic mass is 9.88. The first kappa shape index (κ1) is 21.9. The SMILES string of the molecule is O=C(O)C(O)C(O)C(=O)O.O=C(O)N1CCc2ccccc2[C@H]1c1ccccc1. The maximum Gasteiger partial charge on any atom is 0.408 e. The van der Waals surface area contributed by atoms with Gasteiger partial charge < -0.3 is 25.5 Å². The lowest BCUT2D eigenvalue weighted by Crippen LogP contribution is -2.39. The van der Waals surface area contributed by atoms with Crippen LogP contribution in [-0.2, 0) is 16.0 Å². The maximum absolute atomic E-state index is 11.5. The second-order valence-electron chi connectivity index (χ2n) is 6.30. The molecule has 1 amide bonds. The molecular weight excluding hydrogens is 382 g/mol. The molecule has 0 aromatic heterocycles. The highest BCUT2D eigenvalue weighted by atomic mass is 16.4. The Balaban J connectivity index is 0.000000257. The van der Waals surface area contributed by atoms with Gasteiger partial charge in [0.15, 0.2) is 12.2 Å². The molecule has 0 aliphatic carbocycles. The number of aliphatic hydroxyl groups excluding tert-OH is 2. The monoisotopic (exact) mass is 403 g/mol. The number of fused-ring (bicyclic) bond motifs is 1. The van der Waals surface area contributed by atoms with Gasteiger partial charge in [-0.3, -0.25) is 4.90 Å². The number of benzene rings is 2. The third-order valence-corrected chi connectivity index (χ3v) is 4.45. The summed E-state index contributed by atoms with van der Waals surface area (Å²) in [5, 5.41) is 41.9. The van der Waals surface area contributed by atoms with Crippen LogP contribution in [0.25, 0.3) is 0 Å². The molecule has 0 bridgehead atoms. The van der Waals surface area contributed by atoms with Gasteiger partial charge in [-0.1, -0.05) is 54.6 Å². The number of aliphatic hydroxyl groups is 2. The molecule has 29 heavy (non-hydrogen) atoms. The van der Waals surface area contributed by atoms with Gasteiger partial charge in [0.05, 0.1) is 6.04 Å². The molecule has 9 heteroatoms. The minimum atomic E-state index is -2.27. The summed E-state index contributed by atoms with van der Waals surface area (Å²) in [7, 11) is 0. The molecule has 1 aliphatic heterocycles. The van der Waals surface area contributed by atoms with Crippen LogP contribution in [0.3, 0.4) is 0 Å². The highest BCUT2D eigenvalue weighted by molar-refractivity contribution is 5.83. The number of hydrogen-bond donors (Lipinski definition) is 5. The van der Waals surface area contributed by atoms with Crippen LogP contribution in [0.15, 0.2) is 54.6 Å². The quantitative estimate of drug-likeness (QED) is 0.510. The molecule has 0 spiro atoms. The fraction of sp³-hybridized carbons (Fsp3) is 0.250. The molecule has 0 radical (unpaired) electrons. The van der Waals surface area contributed by atoms with E-state index < -0.39 is 30.2 Å². The van der Waals surface area contributed by atoms with Gasteiger partial charge in [0.2, 0.25) is 0 Å². The zero-order chi connectivity index (χ0) is 21.6. The van der Waals surface area contributed by atoms with Gasteiger partial charge in [-0.25, -0.2) is 14.4 Å². The maximum atomic E-state index is 11.5. The first-order valence-corrected chi connectivity index (χ1v) is 8.68. The smallest absolute Gasteiger partial charge is 0.408 e. The zero-order valence-electron chi connectivity index (χ0n) is 15.3. The van der Waals surface area contributed by atoms with Crippen molar-refractivity contribution < 1.29 is 39.9 Å². The van der Waals surface area contributed by atoms with Gasteiger partial charge in [-0.2, -0.15) is 0 Å². The van der Waals surface area contributed by atoms with Crippen molar-refractivity contribution >= 4 is 18.0 Å². The van der Waals surface area contributed by atoms with E-state index in [-0.39, 0.29) is 6.04 Å². The third-order valence-electron chi connectivity index (χ3n) is 4.45. The van der Waals surface area contributed by atoms with Crippen LogP contribution in [0.5, 0.6) is 0 Å². The summed E-state index contributed by atoms with van der Waals surface area (Å²) in [6.45, 7) is 0.548. The average molecular weight is 403 g/mol. The summed E-state index contributed by atoms with van der Waals surface area (Å²) in [6, 6.07) is 17.7. The van der Waals surface area contributed by atoms with E-state index in [9.17, 15) is 19.5 Å². The topological polar surface area (TPSA) is 156 Å². The van der Waals surface area contributed by atoms with Gasteiger partial charge in [-0.05, 0) is 23.1 Å². The first-order chi connectivity index (χ1) is 13.7. The first-order valence-electron chi connectivity index (χ1n) is 8.68. The molecule has 154 valence electrons. The normalized spacial score (nSPS) is 17.2. The molecule has 9 nitrogen and oxygen atoms in total. The van der Waals surface area contributed by atoms with Crippen LogP contribution in [0.2, 0.25) is 0 Å². The van der Waals surface area contributed by atoms with Crippen molar-refractivity contribution in [2.75, 3.05) is 6.54 Å². The van der Waals surface area contributed by atoms with Crippen LogP contribution in [0, 0.1) is 0 Å². The fourth-order valence-corrected chi connectivity index (χ4v) is 3.04. The standard InChI is InChI=1S/C16H15NO2.C4H6O6/c18-16(19)17-11-10-12-6-4-5-9-14(12)15(17)13-7-2-1-3-8-13;5-1(3(7)8)2(6)4(9)10/h1-9,15H,10-11H2,(H,18,19);1-2,5-6H,(H,7,8)(H,9,10)/t15-;/m1./s1. The van der Waals surface area contributed by atoms with Gasteiger partial charge in [-0.15, -0.1) is 0 Å². The average Bonchev–Trinajstić information content (AvgIpc) is 2.72. The van der Waals surface area contributed by atoms with Crippen LogP contribution in [0.4, 0.5) is 4.79 Å². The summed E-state index contributed by atoms with van der Waals surface area (Å²) < 4.78 is 0. The Bertz CT molecular complexity index is 852. The highest BCUT2D eigenvalue weighted by Crippen LogP contribution is 2.34. The van der Waals surface area contributed by atoms with Crippen molar-refractivity contribution in [3.8, 4) is 0 Å². The molecule has 1 heterocycles. The number of carboxylic acid groups (broad SMARTS) is 3. The zero-order valence-corrected chi connectivity index (χ0v) is 15.3. The molecule has 2 aromatic carbocycles. The fourth-order valence-electron chi connectivity index (χ4n) is 3.04. The molecule has 0 fully saturated rings. The molecule has 0 saturated carbocycles. The Labute approximate surface area is 166 Å². The predicted molar refractivity (Wildman–Crippen MR) is 100 cm³/mol. The molecule has 2 aromatic rings. The summed E-state index contributed by atoms with van der Waals surface area (Å²) in [6.07, 6.45) is -4.61. The molecule has 2 unspecified atom stereocenters. The molecule has 3 rings (SSSR count). The molecule has 5 N–H and O–H groups in total. The largest absolute Gasteiger partial charge is 0.479 e. The number of carboxylic acids is 2. The summed E-state index contributed by atoms with van der Waals surface area (Å²) in [5.41, 5.74) is 3.37. The van der Waals surface area contributed by atoms with E-state index in [1.165, 1.54) is 10.5 Å². The van der Waals surface area contributed by atoms with E-state index in [1.807, 2.05) is 48.5 Å². The van der Waals surface area contributed by atoms with Gasteiger partial charge >= 0.3 is 18.0 Å². The second-order valence-corrected chi connectivity index (χ2v) is 6.30. The molecule has 0 saturated heterocycles. The van der Waals surface area contributed by atoms with Crippen LogP contribution in [0.1, 0.15) is 22.7 Å².